The number of aromatic nitrogens is 4. The van der Waals surface area contributed by atoms with Crippen molar-refractivity contribution in [2.45, 2.75) is 50.8 Å². The van der Waals surface area contributed by atoms with Gasteiger partial charge in [0.15, 0.2) is 0 Å². The fourth-order valence-corrected chi connectivity index (χ4v) is 6.37. The zero-order valence-corrected chi connectivity index (χ0v) is 23.7. The number of carbonyl (C=O) groups is 1. The van der Waals surface area contributed by atoms with Gasteiger partial charge in [-0.3, -0.25) is 4.79 Å². The summed E-state index contributed by atoms with van der Waals surface area (Å²) in [7, 11) is 1.97. The molecule has 2 aliphatic heterocycles. The minimum atomic E-state index is 0.0281. The second kappa shape index (κ2) is 10.5. The molecule has 2 aromatic heterocycles. The molecule has 1 amide bonds. The van der Waals surface area contributed by atoms with Crippen LogP contribution in [0.1, 0.15) is 31.2 Å². The van der Waals surface area contributed by atoms with Crippen LogP contribution in [0.5, 0.6) is 17.2 Å². The quantitative estimate of drug-likeness (QED) is 0.229. The Bertz CT molecular complexity index is 1820. The van der Waals surface area contributed by atoms with Crippen LogP contribution in [0.25, 0.3) is 21.9 Å². The molecule has 0 aliphatic carbocycles. The number of hydrogen-bond donors (Lipinski definition) is 1. The number of rotatable bonds is 7. The molecule has 2 bridgehead atoms. The average molecular weight is 561 g/mol. The molecule has 2 aliphatic rings. The Labute approximate surface area is 243 Å². The Hall–Kier alpha value is -4.92. The number of hydrogen-bond acceptors (Lipinski definition) is 7. The Morgan fingerprint density at radius 3 is 2.57 bits per heavy atom. The molecular formula is C33H32N6O3. The van der Waals surface area contributed by atoms with E-state index < -0.39 is 0 Å². The third-order valence-corrected chi connectivity index (χ3v) is 8.39. The molecule has 4 heterocycles. The summed E-state index contributed by atoms with van der Waals surface area (Å²) in [5.74, 6) is 3.02. The molecule has 42 heavy (non-hydrogen) atoms. The van der Waals surface area contributed by atoms with Gasteiger partial charge < -0.3 is 24.3 Å². The lowest BCUT2D eigenvalue weighted by atomic mass is 9.99. The van der Waals surface area contributed by atoms with Crippen LogP contribution in [0.2, 0.25) is 0 Å². The molecule has 212 valence electrons. The monoisotopic (exact) mass is 560 g/mol. The van der Waals surface area contributed by atoms with Crippen LogP contribution < -0.4 is 14.8 Å². The van der Waals surface area contributed by atoms with E-state index in [1.54, 1.807) is 12.7 Å². The van der Waals surface area contributed by atoms with Gasteiger partial charge in [-0.15, -0.1) is 0 Å². The van der Waals surface area contributed by atoms with Crippen LogP contribution in [-0.2, 0) is 11.8 Å². The zero-order valence-electron chi connectivity index (χ0n) is 23.7. The van der Waals surface area contributed by atoms with Gasteiger partial charge >= 0.3 is 0 Å². The second-order valence-electron chi connectivity index (χ2n) is 11.2. The first kappa shape index (κ1) is 26.0. The number of piperidine rings is 1. The van der Waals surface area contributed by atoms with Gasteiger partial charge in [0.25, 0.3) is 0 Å². The van der Waals surface area contributed by atoms with E-state index in [4.69, 9.17) is 9.47 Å². The Balaban J connectivity index is 1.08. The normalized spacial score (nSPS) is 19.7. The molecule has 1 N–H and O–H groups in total. The lowest BCUT2D eigenvalue weighted by Crippen LogP contribution is -2.48. The molecule has 7 rings (SSSR count). The summed E-state index contributed by atoms with van der Waals surface area (Å²) >= 11 is 0. The summed E-state index contributed by atoms with van der Waals surface area (Å²) in [6.07, 6.45) is 8.54. The van der Waals surface area contributed by atoms with Gasteiger partial charge in [0.1, 0.15) is 35.5 Å². The maximum Gasteiger partial charge on any atom is 0.246 e. The van der Waals surface area contributed by atoms with Crippen molar-refractivity contribution in [3.8, 4) is 17.2 Å². The van der Waals surface area contributed by atoms with Crippen molar-refractivity contribution in [3.63, 3.8) is 0 Å². The van der Waals surface area contributed by atoms with E-state index >= 15 is 0 Å². The number of ether oxygens (including phenoxy) is 2. The predicted octanol–water partition coefficient (Wildman–Crippen LogP) is 6.45. The first-order chi connectivity index (χ1) is 20.4. The molecular weight excluding hydrogens is 528 g/mol. The molecule has 3 aromatic carbocycles. The van der Waals surface area contributed by atoms with Crippen molar-refractivity contribution < 1.29 is 14.3 Å². The number of aryl methyl sites for hydroxylation is 2. The third kappa shape index (κ3) is 4.81. The summed E-state index contributed by atoms with van der Waals surface area (Å²) in [4.78, 5) is 27.8. The molecule has 9 nitrogen and oxygen atoms in total. The number of fused-ring (bicyclic) bond motifs is 4. The average Bonchev–Trinajstić information content (AvgIpc) is 3.49. The molecule has 9 heteroatoms. The lowest BCUT2D eigenvalue weighted by molar-refractivity contribution is -0.131. The van der Waals surface area contributed by atoms with Gasteiger partial charge in [0.2, 0.25) is 5.91 Å². The van der Waals surface area contributed by atoms with Crippen LogP contribution in [0.3, 0.4) is 0 Å². The van der Waals surface area contributed by atoms with Gasteiger partial charge in [-0.05, 0) is 79.9 Å². The van der Waals surface area contributed by atoms with Crippen LogP contribution >= 0.6 is 0 Å². The molecule has 3 atom stereocenters. The van der Waals surface area contributed by atoms with Gasteiger partial charge in [-0.25, -0.2) is 15.0 Å². The van der Waals surface area contributed by atoms with E-state index in [1.165, 1.54) is 6.08 Å². The van der Waals surface area contributed by atoms with Crippen LogP contribution in [0.4, 0.5) is 11.5 Å². The van der Waals surface area contributed by atoms with E-state index in [0.29, 0.717) is 5.82 Å². The van der Waals surface area contributed by atoms with Crippen molar-refractivity contribution in [2.75, 3.05) is 5.32 Å². The maximum atomic E-state index is 12.3. The van der Waals surface area contributed by atoms with Crippen LogP contribution in [0, 0.1) is 6.92 Å². The number of anilines is 2. The van der Waals surface area contributed by atoms with Crippen molar-refractivity contribution in [2.24, 2.45) is 7.05 Å². The second-order valence-corrected chi connectivity index (χ2v) is 11.2. The SMILES string of the molecule is C=CC(=O)N1[C@@H]2CC[C@H]1CC(Oc1ccc3ncnc(Nc4ccc(Oc5ccc6c(c5)ncn6C)c(C)c4)c3c1)C2. The van der Waals surface area contributed by atoms with E-state index in [1.807, 2.05) is 78.0 Å². The molecule has 5 aromatic rings. The summed E-state index contributed by atoms with van der Waals surface area (Å²) in [5.41, 5.74) is 4.65. The van der Waals surface area contributed by atoms with Crippen molar-refractivity contribution in [3.05, 3.63) is 85.5 Å². The highest BCUT2D eigenvalue weighted by atomic mass is 16.5. The maximum absolute atomic E-state index is 12.3. The standard InChI is InChI=1S/C33H32N6O3/c1-4-32(40)39-22-6-7-23(39)15-26(14-22)41-24-8-10-28-27(16-24)33(35-18-34-28)37-21-5-12-31(20(2)13-21)42-25-9-11-30-29(17-25)36-19-38(30)3/h4-5,8-13,16-19,22-23,26H,1,6-7,14-15H2,2-3H3,(H,34,35,37)/t22-,23+,26?. The molecule has 2 fully saturated rings. The summed E-state index contributed by atoms with van der Waals surface area (Å²) in [6.45, 7) is 5.69. The number of benzene rings is 3. The number of carbonyl (C=O) groups excluding carboxylic acids is 1. The number of amides is 1. The minimum Gasteiger partial charge on any atom is -0.490 e. The Morgan fingerprint density at radius 1 is 0.976 bits per heavy atom. The molecule has 1 unspecified atom stereocenters. The smallest absolute Gasteiger partial charge is 0.246 e. The summed E-state index contributed by atoms with van der Waals surface area (Å²) in [6, 6.07) is 18.2. The predicted molar refractivity (Wildman–Crippen MR) is 162 cm³/mol. The molecule has 0 saturated carbocycles. The summed E-state index contributed by atoms with van der Waals surface area (Å²) in [5, 5.41) is 4.33. The first-order valence-corrected chi connectivity index (χ1v) is 14.3. The fourth-order valence-electron chi connectivity index (χ4n) is 6.37. The topological polar surface area (TPSA) is 94.4 Å². The zero-order chi connectivity index (χ0) is 28.8. The van der Waals surface area contributed by atoms with E-state index in [0.717, 1.165) is 76.1 Å². The number of nitrogens with zero attached hydrogens (tertiary/aromatic N) is 5. The van der Waals surface area contributed by atoms with Crippen molar-refractivity contribution >= 4 is 39.3 Å². The van der Waals surface area contributed by atoms with E-state index in [-0.39, 0.29) is 24.1 Å². The van der Waals surface area contributed by atoms with E-state index in [2.05, 4.69) is 26.8 Å². The highest BCUT2D eigenvalue weighted by Gasteiger charge is 2.43. The molecule has 2 saturated heterocycles. The Kier molecular flexibility index (Phi) is 6.49. The van der Waals surface area contributed by atoms with Gasteiger partial charge in [0.05, 0.1) is 22.9 Å². The van der Waals surface area contributed by atoms with Crippen molar-refractivity contribution in [1.82, 2.24) is 24.4 Å². The van der Waals surface area contributed by atoms with Gasteiger partial charge in [-0.2, -0.15) is 0 Å². The fraction of sp³-hybridized carbons (Fsp3) is 0.273. The van der Waals surface area contributed by atoms with Crippen LogP contribution in [0.15, 0.2) is 79.9 Å². The highest BCUT2D eigenvalue weighted by molar-refractivity contribution is 5.91. The first-order valence-electron chi connectivity index (χ1n) is 14.3. The van der Waals surface area contributed by atoms with Gasteiger partial charge in [-0.1, -0.05) is 6.58 Å². The third-order valence-electron chi connectivity index (χ3n) is 8.39. The van der Waals surface area contributed by atoms with Gasteiger partial charge in [0, 0.05) is 49.1 Å². The lowest BCUT2D eigenvalue weighted by Gasteiger charge is -2.38. The highest BCUT2D eigenvalue weighted by Crippen LogP contribution is 2.38. The Morgan fingerprint density at radius 2 is 1.79 bits per heavy atom. The van der Waals surface area contributed by atoms with E-state index in [9.17, 15) is 4.79 Å². The molecule has 0 spiro atoms. The minimum absolute atomic E-state index is 0.0281. The number of nitrogens with one attached hydrogen (secondary N) is 1. The summed E-state index contributed by atoms with van der Waals surface area (Å²) < 4.78 is 14.6. The van der Waals surface area contributed by atoms with Crippen molar-refractivity contribution in [1.29, 1.82) is 0 Å². The number of imidazole rings is 1. The molecule has 0 radical (unpaired) electrons. The largest absolute Gasteiger partial charge is 0.490 e. The van der Waals surface area contributed by atoms with Crippen LogP contribution in [-0.4, -0.2) is 48.5 Å².